The highest BCUT2D eigenvalue weighted by molar-refractivity contribution is 7.92. The van der Waals surface area contributed by atoms with Crippen LogP contribution < -0.4 is 14.5 Å². The lowest BCUT2D eigenvalue weighted by atomic mass is 10.1. The highest BCUT2D eigenvalue weighted by Gasteiger charge is 2.24. The molecule has 0 saturated carbocycles. The van der Waals surface area contributed by atoms with Crippen LogP contribution in [0.3, 0.4) is 0 Å². The van der Waals surface area contributed by atoms with E-state index < -0.39 is 15.9 Å². The first kappa shape index (κ1) is 21.1. The second kappa shape index (κ2) is 8.42. The van der Waals surface area contributed by atoms with E-state index in [9.17, 15) is 18.0 Å². The summed E-state index contributed by atoms with van der Waals surface area (Å²) in [5.74, 6) is -0.394. The third-order valence-electron chi connectivity index (χ3n) is 4.63. The SMILES string of the molecule is Cc1cc(NC(=O)CN(c2cccc(Cl)c2)S(C)(=O)=O)ccc1N1CCCC1=O. The average Bonchev–Trinajstić information content (AvgIpc) is 3.04. The molecule has 3 rings (SSSR count). The largest absolute Gasteiger partial charge is 0.325 e. The van der Waals surface area contributed by atoms with Crippen molar-refractivity contribution < 1.29 is 18.0 Å². The van der Waals surface area contributed by atoms with Gasteiger partial charge in [0, 0.05) is 29.4 Å². The van der Waals surface area contributed by atoms with Crippen molar-refractivity contribution in [2.75, 3.05) is 33.9 Å². The topological polar surface area (TPSA) is 86.8 Å². The van der Waals surface area contributed by atoms with Crippen LogP contribution in [0.25, 0.3) is 0 Å². The standard InChI is InChI=1S/C20H22ClN3O4S/c1-14-11-16(8-9-18(14)23-10-4-7-20(23)26)22-19(25)13-24(29(2,27)28)17-6-3-5-15(21)12-17/h3,5-6,8-9,11-12H,4,7,10,13H2,1-2H3,(H,22,25). The van der Waals surface area contributed by atoms with Gasteiger partial charge in [0.05, 0.1) is 11.9 Å². The normalized spacial score (nSPS) is 14.2. The number of sulfonamides is 1. The van der Waals surface area contributed by atoms with Crippen LogP contribution in [0.1, 0.15) is 18.4 Å². The number of nitrogens with one attached hydrogen (secondary N) is 1. The fraction of sp³-hybridized carbons (Fsp3) is 0.300. The fourth-order valence-electron chi connectivity index (χ4n) is 3.30. The zero-order valence-electron chi connectivity index (χ0n) is 16.2. The lowest BCUT2D eigenvalue weighted by molar-refractivity contribution is -0.117. The number of aryl methyl sites for hydroxylation is 1. The van der Waals surface area contributed by atoms with Crippen LogP contribution in [0.15, 0.2) is 42.5 Å². The summed E-state index contributed by atoms with van der Waals surface area (Å²) in [4.78, 5) is 26.2. The summed E-state index contributed by atoms with van der Waals surface area (Å²) in [6.45, 7) is 2.17. The summed E-state index contributed by atoms with van der Waals surface area (Å²) < 4.78 is 25.3. The smallest absolute Gasteiger partial charge is 0.245 e. The number of halogens is 1. The fourth-order valence-corrected chi connectivity index (χ4v) is 4.33. The van der Waals surface area contributed by atoms with Crippen molar-refractivity contribution in [3.8, 4) is 0 Å². The van der Waals surface area contributed by atoms with Crippen LogP contribution in [0, 0.1) is 6.92 Å². The lowest BCUT2D eigenvalue weighted by Gasteiger charge is -2.22. The monoisotopic (exact) mass is 435 g/mol. The zero-order valence-corrected chi connectivity index (χ0v) is 17.8. The molecule has 29 heavy (non-hydrogen) atoms. The van der Waals surface area contributed by atoms with E-state index in [4.69, 9.17) is 11.6 Å². The summed E-state index contributed by atoms with van der Waals surface area (Å²) in [7, 11) is -3.68. The molecular formula is C20H22ClN3O4S. The number of anilines is 3. The molecule has 1 saturated heterocycles. The molecule has 1 N–H and O–H groups in total. The van der Waals surface area contributed by atoms with Gasteiger partial charge >= 0.3 is 0 Å². The molecule has 7 nitrogen and oxygen atoms in total. The van der Waals surface area contributed by atoms with E-state index in [2.05, 4.69) is 5.32 Å². The van der Waals surface area contributed by atoms with Crippen molar-refractivity contribution in [2.45, 2.75) is 19.8 Å². The maximum absolute atomic E-state index is 12.5. The Morgan fingerprint density at radius 1 is 1.24 bits per heavy atom. The molecule has 0 atom stereocenters. The van der Waals surface area contributed by atoms with Gasteiger partial charge in [-0.15, -0.1) is 0 Å². The summed E-state index contributed by atoms with van der Waals surface area (Å²) in [6.07, 6.45) is 2.41. The number of carbonyl (C=O) groups is 2. The summed E-state index contributed by atoms with van der Waals surface area (Å²) in [5.41, 5.74) is 2.52. The maximum Gasteiger partial charge on any atom is 0.245 e. The Hall–Kier alpha value is -2.58. The number of carbonyl (C=O) groups excluding carboxylic acids is 2. The number of nitrogens with zero attached hydrogens (tertiary/aromatic N) is 2. The van der Waals surface area contributed by atoms with E-state index in [-0.39, 0.29) is 12.5 Å². The quantitative estimate of drug-likeness (QED) is 0.754. The summed E-state index contributed by atoms with van der Waals surface area (Å²) >= 11 is 5.95. The van der Waals surface area contributed by atoms with Crippen molar-refractivity contribution in [3.05, 3.63) is 53.1 Å². The molecule has 1 aliphatic rings. The van der Waals surface area contributed by atoms with Gasteiger partial charge in [-0.05, 0) is 55.3 Å². The lowest BCUT2D eigenvalue weighted by Crippen LogP contribution is -2.37. The molecule has 0 bridgehead atoms. The molecule has 1 fully saturated rings. The maximum atomic E-state index is 12.5. The molecule has 0 aromatic heterocycles. The molecule has 2 aromatic rings. The summed E-state index contributed by atoms with van der Waals surface area (Å²) in [6, 6.07) is 11.6. The Morgan fingerprint density at radius 3 is 2.59 bits per heavy atom. The third-order valence-corrected chi connectivity index (χ3v) is 6.00. The van der Waals surface area contributed by atoms with Crippen molar-refractivity contribution in [2.24, 2.45) is 0 Å². The minimum absolute atomic E-state index is 0.0928. The molecule has 0 radical (unpaired) electrons. The number of benzene rings is 2. The third kappa shape index (κ3) is 5.07. The van der Waals surface area contributed by atoms with Gasteiger partial charge in [0.15, 0.2) is 0 Å². The van der Waals surface area contributed by atoms with E-state index in [1.807, 2.05) is 6.92 Å². The molecule has 154 valence electrons. The first-order valence-corrected chi connectivity index (χ1v) is 11.3. The minimum Gasteiger partial charge on any atom is -0.325 e. The first-order valence-electron chi connectivity index (χ1n) is 9.09. The number of amides is 2. The molecule has 2 aromatic carbocycles. The van der Waals surface area contributed by atoms with E-state index in [0.29, 0.717) is 29.4 Å². The predicted octanol–water partition coefficient (Wildman–Crippen LogP) is 3.18. The first-order chi connectivity index (χ1) is 13.6. The minimum atomic E-state index is -3.68. The van der Waals surface area contributed by atoms with Gasteiger partial charge in [-0.2, -0.15) is 0 Å². The number of rotatable bonds is 6. The van der Waals surface area contributed by atoms with Crippen molar-refractivity contribution in [1.82, 2.24) is 0 Å². The molecule has 9 heteroatoms. The van der Waals surface area contributed by atoms with Gasteiger partial charge in [0.2, 0.25) is 21.8 Å². The van der Waals surface area contributed by atoms with Gasteiger partial charge in [0.1, 0.15) is 6.54 Å². The second-order valence-electron chi connectivity index (χ2n) is 6.95. The van der Waals surface area contributed by atoms with E-state index >= 15 is 0 Å². The number of hydrogen-bond donors (Lipinski definition) is 1. The highest BCUT2D eigenvalue weighted by atomic mass is 35.5. The van der Waals surface area contributed by atoms with E-state index in [1.54, 1.807) is 41.3 Å². The number of hydrogen-bond acceptors (Lipinski definition) is 4. The van der Waals surface area contributed by atoms with Gasteiger partial charge in [-0.3, -0.25) is 13.9 Å². The zero-order chi connectivity index (χ0) is 21.2. The van der Waals surface area contributed by atoms with Crippen LogP contribution in [0.5, 0.6) is 0 Å². The molecule has 1 heterocycles. The average molecular weight is 436 g/mol. The molecule has 0 unspecified atom stereocenters. The second-order valence-corrected chi connectivity index (χ2v) is 9.29. The highest BCUT2D eigenvalue weighted by Crippen LogP contribution is 2.27. The van der Waals surface area contributed by atoms with Gasteiger partial charge < -0.3 is 10.2 Å². The van der Waals surface area contributed by atoms with Crippen molar-refractivity contribution >= 4 is 50.5 Å². The van der Waals surface area contributed by atoms with Gasteiger partial charge in [-0.25, -0.2) is 8.42 Å². The van der Waals surface area contributed by atoms with Crippen LogP contribution in [-0.4, -0.2) is 39.6 Å². The Balaban J connectivity index is 1.75. The molecule has 0 aliphatic carbocycles. The van der Waals surface area contributed by atoms with Crippen LogP contribution >= 0.6 is 11.6 Å². The Labute approximate surface area is 175 Å². The predicted molar refractivity (Wildman–Crippen MR) is 115 cm³/mol. The van der Waals surface area contributed by atoms with E-state index in [0.717, 1.165) is 28.2 Å². The van der Waals surface area contributed by atoms with Crippen LogP contribution in [0.2, 0.25) is 5.02 Å². The summed E-state index contributed by atoms with van der Waals surface area (Å²) in [5, 5.41) is 3.09. The van der Waals surface area contributed by atoms with Crippen LogP contribution in [-0.2, 0) is 19.6 Å². The molecule has 0 spiro atoms. The molecule has 1 aliphatic heterocycles. The van der Waals surface area contributed by atoms with E-state index in [1.165, 1.54) is 6.07 Å². The molecular weight excluding hydrogens is 414 g/mol. The van der Waals surface area contributed by atoms with Crippen molar-refractivity contribution in [1.29, 1.82) is 0 Å². The van der Waals surface area contributed by atoms with Crippen molar-refractivity contribution in [3.63, 3.8) is 0 Å². The molecule has 2 amide bonds. The Morgan fingerprint density at radius 2 is 2.00 bits per heavy atom. The van der Waals surface area contributed by atoms with Crippen LogP contribution in [0.4, 0.5) is 17.1 Å². The Kier molecular flexibility index (Phi) is 6.14. The van der Waals surface area contributed by atoms with Gasteiger partial charge in [0.25, 0.3) is 0 Å². The Bertz CT molecular complexity index is 1060. The van der Waals surface area contributed by atoms with Gasteiger partial charge in [-0.1, -0.05) is 17.7 Å².